The van der Waals surface area contributed by atoms with E-state index in [4.69, 9.17) is 9.84 Å². The van der Waals surface area contributed by atoms with Gasteiger partial charge in [0.2, 0.25) is 16.0 Å². The first-order valence-electron chi connectivity index (χ1n) is 11.6. The fourth-order valence-electron chi connectivity index (χ4n) is 3.69. The molecule has 2 aromatic carbocycles. The Morgan fingerprint density at radius 1 is 1.03 bits per heavy atom. The van der Waals surface area contributed by atoms with Gasteiger partial charge in [-0.05, 0) is 55.5 Å². The van der Waals surface area contributed by atoms with Crippen molar-refractivity contribution in [1.82, 2.24) is 14.3 Å². The summed E-state index contributed by atoms with van der Waals surface area (Å²) < 4.78 is 86.4. The van der Waals surface area contributed by atoms with Gasteiger partial charge in [0.05, 0.1) is 4.90 Å². The molecule has 1 saturated heterocycles. The molecule has 0 aliphatic carbocycles. The van der Waals surface area contributed by atoms with Crippen molar-refractivity contribution in [1.29, 1.82) is 0 Å². The summed E-state index contributed by atoms with van der Waals surface area (Å²) in [6, 6.07) is 11.0. The van der Waals surface area contributed by atoms with E-state index in [9.17, 15) is 30.8 Å². The number of halogens is 4. The van der Waals surface area contributed by atoms with E-state index in [1.165, 1.54) is 52.5 Å². The molecule has 3 aromatic rings. The smallest absolute Gasteiger partial charge is 0.433 e. The molecule has 0 amide bonds. The number of ether oxygens (including phenoxy) is 1. The second kappa shape index (κ2) is 11.0. The first-order chi connectivity index (χ1) is 18.3. The Morgan fingerprint density at radius 2 is 1.64 bits per heavy atom. The molecule has 15 heteroatoms. The molecule has 2 heterocycles. The number of nitrogens with one attached hydrogen (secondary N) is 1. The van der Waals surface area contributed by atoms with Crippen LogP contribution in [0.25, 0.3) is 0 Å². The van der Waals surface area contributed by atoms with Crippen molar-refractivity contribution >= 4 is 33.4 Å². The summed E-state index contributed by atoms with van der Waals surface area (Å²) in [6.07, 6.45) is -5.88. The van der Waals surface area contributed by atoms with Gasteiger partial charge in [0.15, 0.2) is 11.8 Å². The van der Waals surface area contributed by atoms with E-state index < -0.39 is 39.8 Å². The summed E-state index contributed by atoms with van der Waals surface area (Å²) >= 11 is 0. The molecular weight excluding hydrogens is 546 g/mol. The zero-order chi connectivity index (χ0) is 28.4. The van der Waals surface area contributed by atoms with Crippen molar-refractivity contribution in [2.75, 3.05) is 36.4 Å². The van der Waals surface area contributed by atoms with Crippen LogP contribution >= 0.6 is 0 Å². The van der Waals surface area contributed by atoms with Crippen LogP contribution in [0.2, 0.25) is 0 Å². The Kier molecular flexibility index (Phi) is 7.92. The molecule has 39 heavy (non-hydrogen) atoms. The summed E-state index contributed by atoms with van der Waals surface area (Å²) in [5.41, 5.74) is -0.870. The highest BCUT2D eigenvalue weighted by Crippen LogP contribution is 2.32. The van der Waals surface area contributed by atoms with Gasteiger partial charge in [-0.25, -0.2) is 22.6 Å². The predicted octanol–water partition coefficient (Wildman–Crippen LogP) is 3.74. The number of aromatic nitrogens is 2. The molecule has 208 valence electrons. The van der Waals surface area contributed by atoms with Gasteiger partial charge in [0, 0.05) is 37.9 Å². The molecular formula is C24H23F4N5O5S. The number of sulfonamides is 1. The van der Waals surface area contributed by atoms with Crippen LogP contribution in [0.5, 0.6) is 5.75 Å². The van der Waals surface area contributed by atoms with Crippen LogP contribution in [0.15, 0.2) is 59.5 Å². The maximum atomic E-state index is 13.5. The number of alkyl halides is 3. The van der Waals surface area contributed by atoms with Gasteiger partial charge in [0.1, 0.15) is 17.4 Å². The molecule has 1 atom stereocenters. The zero-order valence-corrected chi connectivity index (χ0v) is 21.2. The minimum absolute atomic E-state index is 0.0217. The number of anilines is 3. The van der Waals surface area contributed by atoms with Gasteiger partial charge in [-0.1, -0.05) is 0 Å². The number of benzene rings is 2. The topological polar surface area (TPSA) is 125 Å². The van der Waals surface area contributed by atoms with Crippen molar-refractivity contribution in [2.45, 2.75) is 24.1 Å². The number of aliphatic carboxylic acids is 1. The van der Waals surface area contributed by atoms with Gasteiger partial charge >= 0.3 is 12.1 Å². The number of hydrogen-bond donors (Lipinski definition) is 2. The number of nitrogens with zero attached hydrogens (tertiary/aromatic N) is 4. The van der Waals surface area contributed by atoms with Gasteiger partial charge in [0.25, 0.3) is 0 Å². The second-order valence-electron chi connectivity index (χ2n) is 8.53. The largest absolute Gasteiger partial charge is 0.479 e. The van der Waals surface area contributed by atoms with E-state index in [1.54, 1.807) is 0 Å². The van der Waals surface area contributed by atoms with Crippen LogP contribution in [0, 0.1) is 5.82 Å². The minimum Gasteiger partial charge on any atom is -0.479 e. The van der Waals surface area contributed by atoms with Crippen molar-refractivity contribution in [3.8, 4) is 5.75 Å². The molecule has 1 aliphatic heterocycles. The second-order valence-corrected chi connectivity index (χ2v) is 10.5. The highest BCUT2D eigenvalue weighted by Gasteiger charge is 2.35. The van der Waals surface area contributed by atoms with Gasteiger partial charge < -0.3 is 20.1 Å². The highest BCUT2D eigenvalue weighted by atomic mass is 32.2. The molecule has 2 N–H and O–H groups in total. The number of rotatable bonds is 8. The SMILES string of the molecule is C[C@@H](Oc1ccc(S(=O)(=O)N2CCN(c3nc(Nc4ccc(F)cc4)cc(C(F)(F)F)n3)CC2)cc1)C(=O)O. The molecule has 10 nitrogen and oxygen atoms in total. The molecule has 1 aliphatic rings. The quantitative estimate of drug-likeness (QED) is 0.391. The third-order valence-electron chi connectivity index (χ3n) is 5.77. The lowest BCUT2D eigenvalue weighted by molar-refractivity contribution is -0.144. The summed E-state index contributed by atoms with van der Waals surface area (Å²) in [4.78, 5) is 20.1. The molecule has 1 fully saturated rings. The van der Waals surface area contributed by atoms with E-state index in [2.05, 4.69) is 15.3 Å². The normalized spacial score (nSPS) is 15.6. The molecule has 0 bridgehead atoms. The Balaban J connectivity index is 1.48. The van der Waals surface area contributed by atoms with Gasteiger partial charge in [-0.3, -0.25) is 0 Å². The molecule has 0 unspecified atom stereocenters. The van der Waals surface area contributed by atoms with Crippen LogP contribution in [0.4, 0.5) is 35.0 Å². The number of hydrogen-bond acceptors (Lipinski definition) is 8. The Morgan fingerprint density at radius 3 is 2.21 bits per heavy atom. The van der Waals surface area contributed by atoms with Crippen molar-refractivity contribution in [3.05, 3.63) is 66.1 Å². The summed E-state index contributed by atoms with van der Waals surface area (Å²) in [5, 5.41) is 11.6. The number of carbonyl (C=O) groups is 1. The molecule has 4 rings (SSSR count). The van der Waals surface area contributed by atoms with Gasteiger partial charge in [-0.15, -0.1) is 0 Å². The first-order valence-corrected chi connectivity index (χ1v) is 13.0. The molecule has 1 aromatic heterocycles. The Bertz CT molecular complexity index is 1430. The van der Waals surface area contributed by atoms with Crippen LogP contribution in [0.1, 0.15) is 12.6 Å². The lowest BCUT2D eigenvalue weighted by atomic mass is 10.3. The van der Waals surface area contributed by atoms with E-state index in [0.717, 1.165) is 18.2 Å². The lowest BCUT2D eigenvalue weighted by Gasteiger charge is -2.34. The average molecular weight is 570 g/mol. The minimum atomic E-state index is -4.76. The molecule has 0 saturated carbocycles. The number of piperazine rings is 1. The van der Waals surface area contributed by atoms with Crippen LogP contribution in [-0.4, -0.2) is 66.0 Å². The molecule has 0 spiro atoms. The zero-order valence-electron chi connectivity index (χ0n) is 20.4. The highest BCUT2D eigenvalue weighted by molar-refractivity contribution is 7.89. The van der Waals surface area contributed by atoms with E-state index >= 15 is 0 Å². The number of carboxylic acid groups (broad SMARTS) is 1. The van der Waals surface area contributed by atoms with Crippen molar-refractivity contribution < 1.29 is 40.6 Å². The fraction of sp³-hybridized carbons (Fsp3) is 0.292. The number of carboxylic acids is 1. The van der Waals surface area contributed by atoms with Crippen LogP contribution in [-0.2, 0) is 21.0 Å². The van der Waals surface area contributed by atoms with Crippen molar-refractivity contribution in [3.63, 3.8) is 0 Å². The van der Waals surface area contributed by atoms with E-state index in [0.29, 0.717) is 5.69 Å². The lowest BCUT2D eigenvalue weighted by Crippen LogP contribution is -2.49. The van der Waals surface area contributed by atoms with Gasteiger partial charge in [-0.2, -0.15) is 22.5 Å². The summed E-state index contributed by atoms with van der Waals surface area (Å²) in [5.74, 6) is -1.90. The molecule has 0 radical (unpaired) electrons. The predicted molar refractivity (Wildman–Crippen MR) is 132 cm³/mol. The Hall–Kier alpha value is -3.98. The Labute approximate surface area is 220 Å². The maximum Gasteiger partial charge on any atom is 0.433 e. The third-order valence-corrected chi connectivity index (χ3v) is 7.68. The van der Waals surface area contributed by atoms with E-state index in [-0.39, 0.29) is 48.6 Å². The average Bonchev–Trinajstić information content (AvgIpc) is 2.89. The summed E-state index contributed by atoms with van der Waals surface area (Å²) in [6.45, 7) is 1.29. The van der Waals surface area contributed by atoms with Crippen LogP contribution < -0.4 is 15.0 Å². The third kappa shape index (κ3) is 6.72. The summed E-state index contributed by atoms with van der Waals surface area (Å²) in [7, 11) is -3.94. The maximum absolute atomic E-state index is 13.5. The fourth-order valence-corrected chi connectivity index (χ4v) is 5.11. The standard InChI is InChI=1S/C24H23F4N5O5S/c1-15(22(34)35)38-18-6-8-19(9-7-18)39(36,37)33-12-10-32(11-13-33)23-30-20(24(26,27)28)14-21(31-23)29-17-4-2-16(25)3-5-17/h2-9,14-15H,10-13H2,1H3,(H,34,35)(H,29,30,31)/t15-/m1/s1. The monoisotopic (exact) mass is 569 g/mol. The van der Waals surface area contributed by atoms with Crippen molar-refractivity contribution in [2.24, 2.45) is 0 Å². The van der Waals surface area contributed by atoms with E-state index in [1.807, 2.05) is 0 Å². The van der Waals surface area contributed by atoms with Crippen LogP contribution in [0.3, 0.4) is 0 Å². The first kappa shape index (κ1) is 28.0.